The standard InChI is InChI=1S/C25H28N4O3/c1-16(2)15-31-22-8-7-18-24(30)23(13-21-17-5-3-4-6-20(17)27-28-21)32-25(18)19(22)14-29-11-9-26-10-12-29/h3-8,13,16,26,30H,9-12,14-15H2,1-2H3. The van der Waals surface area contributed by atoms with Crippen LogP contribution in [0.5, 0.6) is 11.5 Å². The highest BCUT2D eigenvalue weighted by Gasteiger charge is 2.23. The molecule has 32 heavy (non-hydrogen) atoms. The van der Waals surface area contributed by atoms with E-state index in [1.807, 2.05) is 36.4 Å². The van der Waals surface area contributed by atoms with E-state index in [2.05, 4.69) is 34.3 Å². The smallest absolute Gasteiger partial charge is 0.172 e. The average Bonchev–Trinajstić information content (AvgIpc) is 3.35. The summed E-state index contributed by atoms with van der Waals surface area (Å²) < 4.78 is 12.4. The zero-order valence-corrected chi connectivity index (χ0v) is 18.5. The summed E-state index contributed by atoms with van der Waals surface area (Å²) in [5.74, 6) is 1.72. The topological polar surface area (TPSA) is 82.6 Å². The van der Waals surface area contributed by atoms with Gasteiger partial charge in [-0.3, -0.25) is 4.90 Å². The number of aromatic hydroxyl groups is 1. The molecule has 1 aromatic heterocycles. The molecule has 1 saturated heterocycles. The molecule has 3 heterocycles. The number of piperazine rings is 1. The van der Waals surface area contributed by atoms with Crippen molar-refractivity contribution in [2.45, 2.75) is 20.4 Å². The Morgan fingerprint density at radius 1 is 1.16 bits per heavy atom. The average molecular weight is 433 g/mol. The quantitative estimate of drug-likeness (QED) is 0.561. The number of fused-ring (bicyclic) bond motifs is 2. The second kappa shape index (κ2) is 8.76. The highest BCUT2D eigenvalue weighted by Crippen LogP contribution is 2.42. The van der Waals surface area contributed by atoms with Crippen molar-refractivity contribution >= 4 is 28.4 Å². The zero-order chi connectivity index (χ0) is 22.1. The molecular weight excluding hydrogens is 404 g/mol. The maximum atomic E-state index is 11.0. The molecule has 166 valence electrons. The van der Waals surface area contributed by atoms with Gasteiger partial charge in [0.15, 0.2) is 11.5 Å². The number of hydrogen-bond donors (Lipinski definition) is 2. The van der Waals surface area contributed by atoms with Gasteiger partial charge in [-0.25, -0.2) is 0 Å². The zero-order valence-electron chi connectivity index (χ0n) is 18.5. The van der Waals surface area contributed by atoms with Gasteiger partial charge >= 0.3 is 0 Å². The maximum absolute atomic E-state index is 11.0. The van der Waals surface area contributed by atoms with Crippen LogP contribution in [0.2, 0.25) is 0 Å². The molecule has 7 heteroatoms. The highest BCUT2D eigenvalue weighted by molar-refractivity contribution is 5.95. The predicted molar refractivity (Wildman–Crippen MR) is 125 cm³/mol. The molecule has 0 unspecified atom stereocenters. The molecule has 2 aliphatic heterocycles. The lowest BCUT2D eigenvalue weighted by Crippen LogP contribution is -2.42. The van der Waals surface area contributed by atoms with E-state index in [-0.39, 0.29) is 5.75 Å². The largest absolute Gasteiger partial charge is 0.504 e. The number of nitrogens with one attached hydrogen (secondary N) is 1. The van der Waals surface area contributed by atoms with E-state index in [0.717, 1.165) is 48.7 Å². The molecule has 0 amide bonds. The molecule has 0 bridgehead atoms. The summed E-state index contributed by atoms with van der Waals surface area (Å²) in [6, 6.07) is 11.6. The van der Waals surface area contributed by atoms with E-state index in [1.165, 1.54) is 0 Å². The fourth-order valence-electron chi connectivity index (χ4n) is 4.11. The van der Waals surface area contributed by atoms with Crippen molar-refractivity contribution in [3.8, 4) is 11.5 Å². The Balaban J connectivity index is 1.56. The molecule has 1 fully saturated rings. The van der Waals surface area contributed by atoms with Crippen LogP contribution in [0.3, 0.4) is 0 Å². The number of ether oxygens (including phenoxy) is 1. The third kappa shape index (κ3) is 4.01. The van der Waals surface area contributed by atoms with Crippen molar-refractivity contribution in [3.63, 3.8) is 0 Å². The van der Waals surface area contributed by atoms with Crippen molar-refractivity contribution in [1.29, 1.82) is 0 Å². The fraction of sp³-hybridized carbons (Fsp3) is 0.360. The van der Waals surface area contributed by atoms with E-state index >= 15 is 0 Å². The van der Waals surface area contributed by atoms with Crippen LogP contribution < -0.4 is 10.1 Å². The first-order valence-electron chi connectivity index (χ1n) is 11.2. The highest BCUT2D eigenvalue weighted by atomic mass is 16.5. The number of hydrogen-bond acceptors (Lipinski definition) is 7. The number of furan rings is 1. The summed E-state index contributed by atoms with van der Waals surface area (Å²) in [5, 5.41) is 23.5. The van der Waals surface area contributed by atoms with E-state index in [4.69, 9.17) is 9.15 Å². The first kappa shape index (κ1) is 20.7. The molecule has 0 spiro atoms. The normalized spacial score (nSPS) is 17.5. The number of nitrogens with zero attached hydrogens (tertiary/aromatic N) is 3. The molecule has 2 aromatic carbocycles. The molecule has 0 aliphatic carbocycles. The van der Waals surface area contributed by atoms with Gasteiger partial charge in [0, 0.05) is 44.4 Å². The molecule has 0 saturated carbocycles. The van der Waals surface area contributed by atoms with Gasteiger partial charge in [-0.1, -0.05) is 32.0 Å². The number of benzene rings is 2. The Labute approximate surface area is 187 Å². The third-order valence-electron chi connectivity index (χ3n) is 5.79. The van der Waals surface area contributed by atoms with Gasteiger partial charge in [-0.2, -0.15) is 0 Å². The second-order valence-corrected chi connectivity index (χ2v) is 8.71. The van der Waals surface area contributed by atoms with Gasteiger partial charge in [0.2, 0.25) is 0 Å². The molecule has 2 N–H and O–H groups in total. The second-order valence-electron chi connectivity index (χ2n) is 8.71. The summed E-state index contributed by atoms with van der Waals surface area (Å²) in [7, 11) is 0. The van der Waals surface area contributed by atoms with Crippen LogP contribution in [-0.2, 0) is 6.54 Å². The van der Waals surface area contributed by atoms with E-state index in [1.54, 1.807) is 6.08 Å². The number of azo groups is 1. The minimum atomic E-state index is 0.115. The van der Waals surface area contributed by atoms with E-state index in [0.29, 0.717) is 41.5 Å². The van der Waals surface area contributed by atoms with Crippen LogP contribution in [0, 0.1) is 5.92 Å². The van der Waals surface area contributed by atoms with Crippen LogP contribution in [0.15, 0.2) is 51.0 Å². The van der Waals surface area contributed by atoms with Gasteiger partial charge in [0.1, 0.15) is 11.3 Å². The van der Waals surface area contributed by atoms with Gasteiger partial charge in [-0.05, 0) is 24.1 Å². The lowest BCUT2D eigenvalue weighted by molar-refractivity contribution is 0.223. The molecule has 3 aromatic rings. The minimum Gasteiger partial charge on any atom is -0.504 e. The lowest BCUT2D eigenvalue weighted by Gasteiger charge is -2.28. The van der Waals surface area contributed by atoms with Crippen molar-refractivity contribution in [1.82, 2.24) is 10.2 Å². The first-order chi connectivity index (χ1) is 15.6. The number of rotatable bonds is 6. The first-order valence-corrected chi connectivity index (χ1v) is 11.2. The summed E-state index contributed by atoms with van der Waals surface area (Å²) in [5.41, 5.74) is 4.05. The van der Waals surface area contributed by atoms with Crippen molar-refractivity contribution in [2.24, 2.45) is 16.1 Å². The fourth-order valence-corrected chi connectivity index (χ4v) is 4.11. The van der Waals surface area contributed by atoms with Crippen molar-refractivity contribution in [3.05, 3.63) is 53.3 Å². The van der Waals surface area contributed by atoms with Gasteiger partial charge in [-0.15, -0.1) is 10.2 Å². The molecule has 5 rings (SSSR count). The third-order valence-corrected chi connectivity index (χ3v) is 5.79. The minimum absolute atomic E-state index is 0.115. The van der Waals surface area contributed by atoms with Crippen molar-refractivity contribution < 1.29 is 14.3 Å². The van der Waals surface area contributed by atoms with Gasteiger partial charge in [0.05, 0.1) is 28.9 Å². The summed E-state index contributed by atoms with van der Waals surface area (Å²) in [6.45, 7) is 9.43. The Morgan fingerprint density at radius 3 is 2.78 bits per heavy atom. The maximum Gasteiger partial charge on any atom is 0.172 e. The Morgan fingerprint density at radius 2 is 1.97 bits per heavy atom. The van der Waals surface area contributed by atoms with Crippen LogP contribution in [-0.4, -0.2) is 42.8 Å². The molecule has 7 nitrogen and oxygen atoms in total. The Hall–Kier alpha value is -3.16. The van der Waals surface area contributed by atoms with E-state index < -0.39 is 0 Å². The predicted octanol–water partition coefficient (Wildman–Crippen LogP) is 5.17. The van der Waals surface area contributed by atoms with Gasteiger partial charge < -0.3 is 19.6 Å². The Bertz CT molecular complexity index is 1190. The van der Waals surface area contributed by atoms with Crippen LogP contribution in [0.25, 0.3) is 22.7 Å². The SMILES string of the molecule is CC(C)COc1ccc2c(O)c(C=C3N=Nc4ccccc43)oc2c1CN1CCNCC1. The van der Waals surface area contributed by atoms with Crippen molar-refractivity contribution in [2.75, 3.05) is 32.8 Å². The Kier molecular flexibility index (Phi) is 5.68. The van der Waals surface area contributed by atoms with Crippen LogP contribution in [0.1, 0.15) is 30.7 Å². The van der Waals surface area contributed by atoms with E-state index in [9.17, 15) is 5.11 Å². The molecular formula is C25H28N4O3. The van der Waals surface area contributed by atoms with Crippen LogP contribution >= 0.6 is 0 Å². The molecule has 2 aliphatic rings. The molecule has 0 radical (unpaired) electrons. The summed E-state index contributed by atoms with van der Waals surface area (Å²) in [4.78, 5) is 2.38. The van der Waals surface area contributed by atoms with Gasteiger partial charge in [0.25, 0.3) is 0 Å². The van der Waals surface area contributed by atoms with Crippen LogP contribution in [0.4, 0.5) is 5.69 Å². The summed E-state index contributed by atoms with van der Waals surface area (Å²) in [6.07, 6.45) is 1.76. The monoisotopic (exact) mass is 432 g/mol. The lowest BCUT2D eigenvalue weighted by atomic mass is 10.1. The molecule has 0 atom stereocenters. The summed E-state index contributed by atoms with van der Waals surface area (Å²) >= 11 is 0.